The molecule has 1 N–H and O–H groups in total. The Bertz CT molecular complexity index is 519. The van der Waals surface area contributed by atoms with Crippen LogP contribution in [-0.4, -0.2) is 16.0 Å². The summed E-state index contributed by atoms with van der Waals surface area (Å²) >= 11 is 7.67. The monoisotopic (exact) mass is 281 g/mol. The lowest BCUT2D eigenvalue weighted by molar-refractivity contribution is 0.792. The first-order valence-electron chi connectivity index (χ1n) is 5.86. The highest BCUT2D eigenvalue weighted by Crippen LogP contribution is 2.18. The van der Waals surface area contributed by atoms with Crippen molar-refractivity contribution in [3.63, 3.8) is 0 Å². The highest BCUT2D eigenvalue weighted by Gasteiger charge is 2.07. The molecular weight excluding hydrogens is 266 g/mol. The molecule has 0 aliphatic heterocycles. The second-order valence-corrected chi connectivity index (χ2v) is 6.14. The molecule has 2 aromatic rings. The van der Waals surface area contributed by atoms with Crippen LogP contribution in [0.4, 0.5) is 5.82 Å². The molecule has 0 fully saturated rings. The van der Waals surface area contributed by atoms with E-state index in [9.17, 15) is 0 Å². The summed E-state index contributed by atoms with van der Waals surface area (Å²) in [6.45, 7) is 6.17. The molecule has 0 saturated heterocycles. The first-order chi connectivity index (χ1) is 8.52. The van der Waals surface area contributed by atoms with Crippen molar-refractivity contribution in [2.75, 3.05) is 5.32 Å². The number of hydrogen-bond donors (Lipinski definition) is 1. The molecule has 2 aromatic heterocycles. The molecule has 0 aliphatic carbocycles. The fourth-order valence-corrected chi connectivity index (χ4v) is 3.05. The number of aromatic nitrogens is 2. The lowest BCUT2D eigenvalue weighted by Gasteiger charge is -2.13. The summed E-state index contributed by atoms with van der Waals surface area (Å²) in [6, 6.07) is 6.55. The lowest BCUT2D eigenvalue weighted by atomic mass is 10.2. The van der Waals surface area contributed by atoms with Gasteiger partial charge in [0.25, 0.3) is 0 Å². The van der Waals surface area contributed by atoms with Crippen LogP contribution in [0, 0.1) is 13.8 Å². The van der Waals surface area contributed by atoms with Gasteiger partial charge >= 0.3 is 0 Å². The van der Waals surface area contributed by atoms with E-state index in [2.05, 4.69) is 41.3 Å². The van der Waals surface area contributed by atoms with Gasteiger partial charge in [-0.2, -0.15) is 0 Å². The molecule has 2 heterocycles. The Hall–Kier alpha value is -1.13. The Kier molecular flexibility index (Phi) is 4.19. The number of aryl methyl sites for hydroxylation is 2. The fraction of sp³-hybridized carbons (Fsp3) is 0.385. The Morgan fingerprint density at radius 2 is 2.11 bits per heavy atom. The molecule has 0 spiro atoms. The number of anilines is 1. The third-order valence-electron chi connectivity index (χ3n) is 2.52. The fourth-order valence-electron chi connectivity index (χ4n) is 1.81. The van der Waals surface area contributed by atoms with Crippen molar-refractivity contribution in [3.05, 3.63) is 38.9 Å². The predicted molar refractivity (Wildman–Crippen MR) is 77.6 cm³/mol. The lowest BCUT2D eigenvalue weighted by Crippen LogP contribution is -2.18. The van der Waals surface area contributed by atoms with Crippen LogP contribution in [0.15, 0.2) is 18.2 Å². The van der Waals surface area contributed by atoms with Gasteiger partial charge in [-0.3, -0.25) is 0 Å². The van der Waals surface area contributed by atoms with Crippen LogP contribution < -0.4 is 5.32 Å². The van der Waals surface area contributed by atoms with Crippen molar-refractivity contribution >= 4 is 28.8 Å². The third kappa shape index (κ3) is 3.68. The average molecular weight is 282 g/mol. The van der Waals surface area contributed by atoms with Gasteiger partial charge in [-0.1, -0.05) is 0 Å². The molecule has 18 heavy (non-hydrogen) atoms. The minimum absolute atomic E-state index is 0.289. The largest absolute Gasteiger partial charge is 0.367 e. The van der Waals surface area contributed by atoms with Gasteiger partial charge in [0.15, 0.2) is 0 Å². The molecule has 1 unspecified atom stereocenters. The van der Waals surface area contributed by atoms with Gasteiger partial charge in [-0.05, 0) is 44.5 Å². The van der Waals surface area contributed by atoms with Crippen molar-refractivity contribution < 1.29 is 0 Å². The van der Waals surface area contributed by atoms with Crippen molar-refractivity contribution in [2.24, 2.45) is 0 Å². The first kappa shape index (κ1) is 13.3. The Morgan fingerprint density at radius 3 is 2.72 bits per heavy atom. The summed E-state index contributed by atoms with van der Waals surface area (Å²) in [6.07, 6.45) is 0.985. The molecule has 0 amide bonds. The number of rotatable bonds is 4. The molecule has 0 saturated carbocycles. The smallest absolute Gasteiger partial charge is 0.224 e. The van der Waals surface area contributed by atoms with Crippen LogP contribution >= 0.6 is 22.9 Å². The molecule has 0 aromatic carbocycles. The van der Waals surface area contributed by atoms with Crippen LogP contribution in [0.1, 0.15) is 22.4 Å². The van der Waals surface area contributed by atoms with E-state index in [1.165, 1.54) is 9.75 Å². The average Bonchev–Trinajstić information content (AvgIpc) is 2.61. The van der Waals surface area contributed by atoms with Gasteiger partial charge in [-0.15, -0.1) is 11.3 Å². The maximum absolute atomic E-state index is 5.84. The molecular formula is C13H16ClN3S. The van der Waals surface area contributed by atoms with Gasteiger partial charge < -0.3 is 5.32 Å². The van der Waals surface area contributed by atoms with Gasteiger partial charge in [-0.25, -0.2) is 9.97 Å². The topological polar surface area (TPSA) is 37.8 Å². The maximum atomic E-state index is 5.84. The summed E-state index contributed by atoms with van der Waals surface area (Å²) in [5, 5.41) is 3.64. The van der Waals surface area contributed by atoms with Crippen LogP contribution in [0.5, 0.6) is 0 Å². The van der Waals surface area contributed by atoms with Crippen LogP contribution in [0.3, 0.4) is 0 Å². The standard InChI is InChI=1S/C13H16ClN3S/c1-8(6-11-5-4-10(3)18-11)15-12-7-9(2)16-13(14)17-12/h4-5,7-8H,6H2,1-3H3,(H,15,16,17). The predicted octanol–water partition coefficient (Wildman–Crippen LogP) is 3.85. The maximum Gasteiger partial charge on any atom is 0.224 e. The molecule has 2 rings (SSSR count). The van der Waals surface area contributed by atoms with E-state index in [-0.39, 0.29) is 5.28 Å². The number of thiophene rings is 1. The third-order valence-corrected chi connectivity index (χ3v) is 3.72. The number of nitrogens with one attached hydrogen (secondary N) is 1. The normalized spacial score (nSPS) is 12.4. The molecule has 5 heteroatoms. The van der Waals surface area contributed by atoms with Crippen molar-refractivity contribution in [1.29, 1.82) is 0 Å². The summed E-state index contributed by atoms with van der Waals surface area (Å²) in [5.74, 6) is 0.785. The summed E-state index contributed by atoms with van der Waals surface area (Å²) in [4.78, 5) is 10.9. The molecule has 0 bridgehead atoms. The van der Waals surface area contributed by atoms with Crippen molar-refractivity contribution in [2.45, 2.75) is 33.2 Å². The molecule has 3 nitrogen and oxygen atoms in total. The van der Waals surface area contributed by atoms with E-state index >= 15 is 0 Å². The molecule has 1 atom stereocenters. The van der Waals surface area contributed by atoms with Crippen LogP contribution in [0.25, 0.3) is 0 Å². The van der Waals surface area contributed by atoms with Gasteiger partial charge in [0.2, 0.25) is 5.28 Å². The summed E-state index contributed by atoms with van der Waals surface area (Å²) in [7, 11) is 0. The van der Waals surface area contributed by atoms with E-state index in [1.54, 1.807) is 0 Å². The minimum atomic E-state index is 0.289. The molecule has 96 valence electrons. The zero-order valence-corrected chi connectivity index (χ0v) is 12.3. The Balaban J connectivity index is 2.00. The summed E-state index contributed by atoms with van der Waals surface area (Å²) in [5.41, 5.74) is 0.872. The second-order valence-electron chi connectivity index (χ2n) is 4.43. The summed E-state index contributed by atoms with van der Waals surface area (Å²) < 4.78 is 0. The zero-order chi connectivity index (χ0) is 13.1. The van der Waals surface area contributed by atoms with Gasteiger partial charge in [0.1, 0.15) is 5.82 Å². The molecule has 0 radical (unpaired) electrons. The van der Waals surface area contributed by atoms with E-state index in [0.717, 1.165) is 17.9 Å². The van der Waals surface area contributed by atoms with Crippen LogP contribution in [0.2, 0.25) is 5.28 Å². The van der Waals surface area contributed by atoms with Gasteiger partial charge in [0, 0.05) is 34.0 Å². The van der Waals surface area contributed by atoms with E-state index in [4.69, 9.17) is 11.6 Å². The number of nitrogens with zero attached hydrogens (tertiary/aromatic N) is 2. The van der Waals surface area contributed by atoms with Crippen molar-refractivity contribution in [3.8, 4) is 0 Å². The van der Waals surface area contributed by atoms with E-state index < -0.39 is 0 Å². The van der Waals surface area contributed by atoms with Gasteiger partial charge in [0.05, 0.1) is 0 Å². The Morgan fingerprint density at radius 1 is 1.33 bits per heavy atom. The second kappa shape index (κ2) is 5.67. The number of halogens is 1. The van der Waals surface area contributed by atoms with E-state index in [1.807, 2.05) is 24.3 Å². The first-order valence-corrected chi connectivity index (χ1v) is 7.05. The van der Waals surface area contributed by atoms with Crippen molar-refractivity contribution in [1.82, 2.24) is 9.97 Å². The zero-order valence-electron chi connectivity index (χ0n) is 10.7. The highest BCUT2D eigenvalue weighted by molar-refractivity contribution is 7.11. The SMILES string of the molecule is Cc1cc(NC(C)Cc2ccc(C)s2)nc(Cl)n1. The van der Waals surface area contributed by atoms with E-state index in [0.29, 0.717) is 6.04 Å². The number of hydrogen-bond acceptors (Lipinski definition) is 4. The van der Waals surface area contributed by atoms with Crippen LogP contribution in [-0.2, 0) is 6.42 Å². The minimum Gasteiger partial charge on any atom is -0.367 e. The highest BCUT2D eigenvalue weighted by atomic mass is 35.5. The Labute approximate surface area is 116 Å². The quantitative estimate of drug-likeness (QED) is 0.865. The molecule has 0 aliphatic rings.